The van der Waals surface area contributed by atoms with Crippen LogP contribution in [-0.4, -0.2) is 39.7 Å². The Hall–Kier alpha value is -2.54. The molecule has 2 aliphatic heterocycles. The summed E-state index contributed by atoms with van der Waals surface area (Å²) in [4.78, 5) is 15.1. The molecule has 154 valence electrons. The number of anilines is 3. The number of nitrogens with zero attached hydrogens (tertiary/aromatic N) is 2. The average Bonchev–Trinajstić information content (AvgIpc) is 3.04. The van der Waals surface area contributed by atoms with Gasteiger partial charge in [0.1, 0.15) is 0 Å². The van der Waals surface area contributed by atoms with Gasteiger partial charge in [-0.25, -0.2) is 8.42 Å². The summed E-state index contributed by atoms with van der Waals surface area (Å²) in [5.41, 5.74) is 4.03. The lowest BCUT2D eigenvalue weighted by Crippen LogP contribution is -2.34. The van der Waals surface area contributed by atoms with Gasteiger partial charge in [-0.15, -0.1) is 0 Å². The smallest absolute Gasteiger partial charge is 0.255 e. The predicted octanol–water partition coefficient (Wildman–Crippen LogP) is 3.64. The van der Waals surface area contributed by atoms with Crippen molar-refractivity contribution in [2.24, 2.45) is 0 Å². The highest BCUT2D eigenvalue weighted by Crippen LogP contribution is 2.34. The molecule has 0 saturated carbocycles. The van der Waals surface area contributed by atoms with E-state index in [1.165, 1.54) is 35.5 Å². The maximum atomic E-state index is 12.7. The number of benzene rings is 2. The van der Waals surface area contributed by atoms with Gasteiger partial charge in [-0.1, -0.05) is 0 Å². The van der Waals surface area contributed by atoms with E-state index in [1.807, 2.05) is 19.1 Å². The Morgan fingerprint density at radius 3 is 2.38 bits per heavy atom. The summed E-state index contributed by atoms with van der Waals surface area (Å²) in [6, 6.07) is 13.0. The maximum absolute atomic E-state index is 12.7. The molecule has 2 aromatic rings. The summed E-state index contributed by atoms with van der Waals surface area (Å²) < 4.78 is 25.5. The molecule has 0 spiro atoms. The van der Waals surface area contributed by atoms with E-state index in [1.54, 1.807) is 18.2 Å². The van der Waals surface area contributed by atoms with Crippen molar-refractivity contribution in [2.45, 2.75) is 38.6 Å². The van der Waals surface area contributed by atoms with Gasteiger partial charge in [0.05, 0.1) is 11.9 Å². The highest BCUT2D eigenvalue weighted by atomic mass is 32.2. The second kappa shape index (κ2) is 7.71. The van der Waals surface area contributed by atoms with Crippen LogP contribution >= 0.6 is 0 Å². The maximum Gasteiger partial charge on any atom is 0.255 e. The van der Waals surface area contributed by atoms with E-state index >= 15 is 0 Å². The molecule has 29 heavy (non-hydrogen) atoms. The molecule has 0 aliphatic carbocycles. The highest BCUT2D eigenvalue weighted by Gasteiger charge is 2.32. The summed E-state index contributed by atoms with van der Waals surface area (Å²) >= 11 is 0. The predicted molar refractivity (Wildman–Crippen MR) is 117 cm³/mol. The Morgan fingerprint density at radius 2 is 1.72 bits per heavy atom. The van der Waals surface area contributed by atoms with E-state index in [0.29, 0.717) is 17.7 Å². The van der Waals surface area contributed by atoms with Gasteiger partial charge in [0.15, 0.2) is 0 Å². The molecule has 1 fully saturated rings. The van der Waals surface area contributed by atoms with Gasteiger partial charge in [-0.3, -0.25) is 9.10 Å². The van der Waals surface area contributed by atoms with E-state index in [2.05, 4.69) is 22.3 Å². The van der Waals surface area contributed by atoms with Gasteiger partial charge in [-0.2, -0.15) is 0 Å². The van der Waals surface area contributed by atoms with Gasteiger partial charge in [0.2, 0.25) is 10.0 Å². The first-order chi connectivity index (χ1) is 13.8. The molecule has 2 aromatic carbocycles. The Balaban J connectivity index is 1.47. The van der Waals surface area contributed by atoms with Crippen LogP contribution in [0.25, 0.3) is 0 Å². The SMILES string of the molecule is C[C@@H]1Cc2cc(C(=O)Nc3ccc(N4CCCCC4)cc3)ccc2N1S(C)(=O)=O. The molecule has 0 unspecified atom stereocenters. The first-order valence-corrected chi connectivity index (χ1v) is 12.0. The van der Waals surface area contributed by atoms with Crippen LogP contribution in [0.4, 0.5) is 17.1 Å². The lowest BCUT2D eigenvalue weighted by molar-refractivity contribution is 0.102. The van der Waals surface area contributed by atoms with Crippen LogP contribution in [0.15, 0.2) is 42.5 Å². The number of carbonyl (C=O) groups excluding carboxylic acids is 1. The molecular weight excluding hydrogens is 386 g/mol. The number of piperidine rings is 1. The van der Waals surface area contributed by atoms with Crippen LogP contribution in [0.1, 0.15) is 42.1 Å². The van der Waals surface area contributed by atoms with Gasteiger partial charge in [0, 0.05) is 36.1 Å². The number of hydrogen-bond donors (Lipinski definition) is 1. The van der Waals surface area contributed by atoms with Crippen molar-refractivity contribution in [1.82, 2.24) is 0 Å². The quantitative estimate of drug-likeness (QED) is 0.831. The van der Waals surface area contributed by atoms with E-state index in [4.69, 9.17) is 0 Å². The molecule has 7 heteroatoms. The van der Waals surface area contributed by atoms with Crippen molar-refractivity contribution >= 4 is 33.0 Å². The first-order valence-electron chi connectivity index (χ1n) is 10.1. The molecular formula is C22H27N3O3S. The molecule has 2 aliphatic rings. The lowest BCUT2D eigenvalue weighted by atomic mass is 10.1. The van der Waals surface area contributed by atoms with Crippen LogP contribution in [-0.2, 0) is 16.4 Å². The molecule has 4 rings (SSSR count). The van der Waals surface area contributed by atoms with Gasteiger partial charge >= 0.3 is 0 Å². The Labute approximate surface area is 172 Å². The monoisotopic (exact) mass is 413 g/mol. The standard InChI is InChI=1S/C22H27N3O3S/c1-16-14-18-15-17(6-11-21(18)25(16)29(2,27)28)22(26)23-19-7-9-20(10-8-19)24-12-4-3-5-13-24/h6-11,15-16H,3-5,12-14H2,1-2H3,(H,23,26)/t16-/m1/s1. The summed E-state index contributed by atoms with van der Waals surface area (Å²) in [7, 11) is -3.33. The van der Waals surface area contributed by atoms with Crippen LogP contribution in [0.2, 0.25) is 0 Å². The Morgan fingerprint density at radius 1 is 1.03 bits per heavy atom. The summed E-state index contributed by atoms with van der Waals surface area (Å²) in [5, 5.41) is 2.94. The number of fused-ring (bicyclic) bond motifs is 1. The third-order valence-corrected chi connectivity index (χ3v) is 6.97. The van der Waals surface area contributed by atoms with Gasteiger partial charge in [0.25, 0.3) is 5.91 Å². The fourth-order valence-corrected chi connectivity index (χ4v) is 5.62. The number of rotatable bonds is 4. The first kappa shape index (κ1) is 19.8. The molecule has 1 atom stereocenters. The molecule has 1 saturated heterocycles. The molecule has 2 heterocycles. The van der Waals surface area contributed by atoms with Crippen LogP contribution in [0, 0.1) is 0 Å². The van der Waals surface area contributed by atoms with Crippen LogP contribution < -0.4 is 14.5 Å². The third kappa shape index (κ3) is 4.10. The minimum atomic E-state index is -3.33. The summed E-state index contributed by atoms with van der Waals surface area (Å²) in [6.07, 6.45) is 5.57. The van der Waals surface area contributed by atoms with Crippen LogP contribution in [0.5, 0.6) is 0 Å². The average molecular weight is 414 g/mol. The van der Waals surface area contributed by atoms with E-state index in [9.17, 15) is 13.2 Å². The number of amides is 1. The van der Waals surface area contributed by atoms with Crippen LogP contribution in [0.3, 0.4) is 0 Å². The lowest BCUT2D eigenvalue weighted by Gasteiger charge is -2.28. The summed E-state index contributed by atoms with van der Waals surface area (Å²) in [5.74, 6) is -0.191. The molecule has 1 N–H and O–H groups in total. The number of nitrogens with one attached hydrogen (secondary N) is 1. The zero-order valence-electron chi connectivity index (χ0n) is 16.9. The van der Waals surface area contributed by atoms with Gasteiger partial charge < -0.3 is 10.2 Å². The summed E-state index contributed by atoms with van der Waals surface area (Å²) in [6.45, 7) is 4.05. The van der Waals surface area contributed by atoms with Crippen molar-refractivity contribution < 1.29 is 13.2 Å². The normalized spacial score (nSPS) is 19.2. The van der Waals surface area contributed by atoms with Crippen molar-refractivity contribution in [2.75, 3.05) is 33.9 Å². The zero-order chi connectivity index (χ0) is 20.6. The molecule has 0 aromatic heterocycles. The largest absolute Gasteiger partial charge is 0.372 e. The fourth-order valence-electron chi connectivity index (χ4n) is 4.36. The minimum absolute atomic E-state index is 0.138. The second-order valence-corrected chi connectivity index (χ2v) is 9.86. The van der Waals surface area contributed by atoms with Crippen molar-refractivity contribution in [3.05, 3.63) is 53.6 Å². The van der Waals surface area contributed by atoms with E-state index in [0.717, 1.165) is 24.3 Å². The Bertz CT molecular complexity index is 1010. The molecule has 1 amide bonds. The topological polar surface area (TPSA) is 69.7 Å². The fraction of sp³-hybridized carbons (Fsp3) is 0.409. The number of hydrogen-bond acceptors (Lipinski definition) is 4. The highest BCUT2D eigenvalue weighted by molar-refractivity contribution is 7.92. The number of carbonyl (C=O) groups is 1. The van der Waals surface area contributed by atoms with Crippen molar-refractivity contribution in [3.63, 3.8) is 0 Å². The number of sulfonamides is 1. The van der Waals surface area contributed by atoms with Crippen molar-refractivity contribution in [1.29, 1.82) is 0 Å². The molecule has 0 radical (unpaired) electrons. The second-order valence-electron chi connectivity index (χ2n) is 8.00. The third-order valence-electron chi connectivity index (χ3n) is 5.70. The molecule has 6 nitrogen and oxygen atoms in total. The zero-order valence-corrected chi connectivity index (χ0v) is 17.7. The van der Waals surface area contributed by atoms with E-state index < -0.39 is 10.0 Å². The van der Waals surface area contributed by atoms with Gasteiger partial charge in [-0.05, 0) is 80.6 Å². The Kier molecular flexibility index (Phi) is 5.25. The van der Waals surface area contributed by atoms with E-state index in [-0.39, 0.29) is 11.9 Å². The van der Waals surface area contributed by atoms with Crippen molar-refractivity contribution in [3.8, 4) is 0 Å². The molecule has 0 bridgehead atoms. The minimum Gasteiger partial charge on any atom is -0.372 e.